The number of benzene rings is 1. The van der Waals surface area contributed by atoms with Gasteiger partial charge in [-0.25, -0.2) is 19.2 Å². The summed E-state index contributed by atoms with van der Waals surface area (Å²) >= 11 is 0. The van der Waals surface area contributed by atoms with E-state index in [4.69, 9.17) is 11.5 Å². The molecule has 0 aliphatic carbocycles. The molecule has 0 bridgehead atoms. The first-order chi connectivity index (χ1) is 19.0. The first-order valence-corrected chi connectivity index (χ1v) is 13.9. The third-order valence-corrected chi connectivity index (χ3v) is 5.93. The number of primary amides is 1. The van der Waals surface area contributed by atoms with Gasteiger partial charge in [-0.2, -0.15) is 0 Å². The molecule has 226 valence electrons. The quantitative estimate of drug-likeness (QED) is 0.127. The van der Waals surface area contributed by atoms with Gasteiger partial charge in [-0.1, -0.05) is 50.1 Å². The van der Waals surface area contributed by atoms with Crippen LogP contribution < -0.4 is 48.7 Å². The number of rotatable bonds is 17. The SMILES string of the molecule is Cc1ccc(C[C@@H](CNC(=O)N[C@@H](C)CNC(N)=O)NC(=O)NC[C@H](CCCCN)NC(=O)NCC(C)C)cc1. The van der Waals surface area contributed by atoms with Gasteiger partial charge in [-0.3, -0.25) is 0 Å². The highest BCUT2D eigenvalue weighted by Crippen LogP contribution is 2.06. The monoisotopic (exact) mass is 563 g/mol. The first-order valence-electron chi connectivity index (χ1n) is 13.9. The van der Waals surface area contributed by atoms with Crippen LogP contribution in [0, 0.1) is 12.8 Å². The molecule has 0 aliphatic rings. The van der Waals surface area contributed by atoms with Crippen molar-refractivity contribution in [1.29, 1.82) is 0 Å². The summed E-state index contributed by atoms with van der Waals surface area (Å²) in [6.07, 6.45) is 2.80. The topological polar surface area (TPSA) is 205 Å². The van der Waals surface area contributed by atoms with E-state index in [-0.39, 0.29) is 37.7 Å². The smallest absolute Gasteiger partial charge is 0.315 e. The summed E-state index contributed by atoms with van der Waals surface area (Å²) in [6, 6.07) is 5.11. The molecule has 0 fully saturated rings. The maximum atomic E-state index is 12.9. The zero-order valence-electron chi connectivity index (χ0n) is 24.3. The fourth-order valence-electron chi connectivity index (χ4n) is 3.72. The van der Waals surface area contributed by atoms with Crippen molar-refractivity contribution in [3.8, 4) is 0 Å². The Labute approximate surface area is 237 Å². The van der Waals surface area contributed by atoms with Crippen molar-refractivity contribution in [2.75, 3.05) is 32.7 Å². The van der Waals surface area contributed by atoms with Crippen molar-refractivity contribution in [2.24, 2.45) is 17.4 Å². The summed E-state index contributed by atoms with van der Waals surface area (Å²) in [6.45, 7) is 9.45. The number of urea groups is 4. The number of nitrogens with one attached hydrogen (secondary N) is 7. The van der Waals surface area contributed by atoms with Crippen LogP contribution in [-0.4, -0.2) is 75.0 Å². The summed E-state index contributed by atoms with van der Waals surface area (Å²) in [4.78, 5) is 48.4. The van der Waals surface area contributed by atoms with Crippen LogP contribution in [0.3, 0.4) is 0 Å². The molecular weight excluding hydrogens is 514 g/mol. The van der Waals surface area contributed by atoms with Crippen LogP contribution in [0.5, 0.6) is 0 Å². The van der Waals surface area contributed by atoms with Gasteiger partial charge >= 0.3 is 24.1 Å². The van der Waals surface area contributed by atoms with Crippen molar-refractivity contribution in [1.82, 2.24) is 37.2 Å². The molecule has 1 aromatic carbocycles. The van der Waals surface area contributed by atoms with E-state index in [1.54, 1.807) is 6.92 Å². The average Bonchev–Trinajstić information content (AvgIpc) is 2.89. The van der Waals surface area contributed by atoms with Gasteiger partial charge in [0.05, 0.1) is 6.04 Å². The number of amides is 8. The van der Waals surface area contributed by atoms with Crippen molar-refractivity contribution >= 4 is 24.1 Å². The fourth-order valence-corrected chi connectivity index (χ4v) is 3.72. The largest absolute Gasteiger partial charge is 0.352 e. The van der Waals surface area contributed by atoms with E-state index >= 15 is 0 Å². The molecule has 0 aromatic heterocycles. The van der Waals surface area contributed by atoms with Gasteiger partial charge in [0.1, 0.15) is 0 Å². The lowest BCUT2D eigenvalue weighted by molar-refractivity contribution is 0.226. The minimum absolute atomic E-state index is 0.166. The second-order valence-corrected chi connectivity index (χ2v) is 10.5. The van der Waals surface area contributed by atoms with E-state index in [1.807, 2.05) is 45.0 Å². The molecule has 0 spiro atoms. The van der Waals surface area contributed by atoms with Crippen LogP contribution in [-0.2, 0) is 6.42 Å². The van der Waals surface area contributed by atoms with Crippen LogP contribution >= 0.6 is 0 Å². The number of hydrogen-bond acceptors (Lipinski definition) is 5. The Balaban J connectivity index is 2.73. The number of carbonyl (C=O) groups is 4. The van der Waals surface area contributed by atoms with Crippen molar-refractivity contribution in [3.63, 3.8) is 0 Å². The number of unbranched alkanes of at least 4 members (excludes halogenated alkanes) is 1. The highest BCUT2D eigenvalue weighted by Gasteiger charge is 2.18. The third-order valence-electron chi connectivity index (χ3n) is 5.93. The molecule has 13 nitrogen and oxygen atoms in total. The average molecular weight is 564 g/mol. The first kappa shape index (κ1) is 34.3. The fraction of sp³-hybridized carbons (Fsp3) is 0.630. The minimum Gasteiger partial charge on any atom is -0.352 e. The Bertz CT molecular complexity index is 912. The van der Waals surface area contributed by atoms with E-state index < -0.39 is 24.1 Å². The molecule has 0 heterocycles. The van der Waals surface area contributed by atoms with Gasteiger partial charge in [-0.05, 0) is 51.1 Å². The van der Waals surface area contributed by atoms with Crippen molar-refractivity contribution < 1.29 is 19.2 Å². The van der Waals surface area contributed by atoms with E-state index in [0.717, 1.165) is 24.0 Å². The second-order valence-electron chi connectivity index (χ2n) is 10.5. The van der Waals surface area contributed by atoms with Crippen LogP contribution in [0.15, 0.2) is 24.3 Å². The highest BCUT2D eigenvalue weighted by molar-refractivity contribution is 5.76. The normalized spacial score (nSPS) is 12.9. The van der Waals surface area contributed by atoms with E-state index in [2.05, 4.69) is 37.2 Å². The molecule has 0 aliphatic heterocycles. The molecule has 1 rings (SSSR count). The van der Waals surface area contributed by atoms with E-state index in [9.17, 15) is 19.2 Å². The van der Waals surface area contributed by atoms with Crippen LogP contribution in [0.1, 0.15) is 51.2 Å². The molecule has 8 amide bonds. The maximum absolute atomic E-state index is 12.9. The summed E-state index contributed by atoms with van der Waals surface area (Å²) < 4.78 is 0. The second kappa shape index (κ2) is 19.3. The lowest BCUT2D eigenvalue weighted by Gasteiger charge is -2.23. The molecule has 3 atom stereocenters. The zero-order chi connectivity index (χ0) is 29.9. The van der Waals surface area contributed by atoms with Gasteiger partial charge in [0.15, 0.2) is 0 Å². The van der Waals surface area contributed by atoms with Crippen LogP contribution in [0.4, 0.5) is 19.2 Å². The Morgan fingerprint density at radius 1 is 0.725 bits per heavy atom. The number of nitrogens with two attached hydrogens (primary N) is 2. The number of aryl methyl sites for hydroxylation is 1. The zero-order valence-corrected chi connectivity index (χ0v) is 24.3. The van der Waals surface area contributed by atoms with Gasteiger partial charge < -0.3 is 48.7 Å². The molecular formula is C27H49N9O4. The van der Waals surface area contributed by atoms with E-state index in [0.29, 0.717) is 31.8 Å². The maximum Gasteiger partial charge on any atom is 0.315 e. The van der Waals surface area contributed by atoms with Gasteiger partial charge in [-0.15, -0.1) is 0 Å². The lowest BCUT2D eigenvalue weighted by atomic mass is 10.0. The van der Waals surface area contributed by atoms with Gasteiger partial charge in [0.25, 0.3) is 0 Å². The summed E-state index contributed by atoms with van der Waals surface area (Å²) in [5.41, 5.74) is 12.8. The molecule has 0 unspecified atom stereocenters. The predicted octanol–water partition coefficient (Wildman–Crippen LogP) is 1.01. The Kier molecular flexibility index (Phi) is 16.6. The molecule has 13 heteroatoms. The molecule has 1 aromatic rings. The minimum atomic E-state index is -0.671. The van der Waals surface area contributed by atoms with Crippen LogP contribution in [0.2, 0.25) is 0 Å². The van der Waals surface area contributed by atoms with Crippen molar-refractivity contribution in [3.05, 3.63) is 35.4 Å². The van der Waals surface area contributed by atoms with Gasteiger partial charge in [0.2, 0.25) is 0 Å². The molecule has 0 saturated heterocycles. The molecule has 11 N–H and O–H groups in total. The Hall–Kier alpha value is -3.74. The Morgan fingerprint density at radius 2 is 1.27 bits per heavy atom. The Morgan fingerprint density at radius 3 is 1.85 bits per heavy atom. The van der Waals surface area contributed by atoms with Gasteiger partial charge in [0, 0.05) is 38.3 Å². The third kappa shape index (κ3) is 17.0. The number of carbonyl (C=O) groups excluding carboxylic acids is 4. The standard InChI is InChI=1S/C27H49N9O4/c1-18(2)14-31-26(39)35-22(7-5-6-12-28)16-32-27(40)36-23(13-21-10-8-19(3)9-11-21)17-33-25(38)34-20(4)15-30-24(29)37/h8-11,18,20,22-23H,5-7,12-17,28H2,1-4H3,(H3,29,30,37)(H2,31,35,39)(H2,32,36,40)(H2,33,34,38)/t20-,22-,23-/m0/s1. The van der Waals surface area contributed by atoms with Crippen molar-refractivity contribution in [2.45, 2.75) is 71.5 Å². The van der Waals surface area contributed by atoms with E-state index in [1.165, 1.54) is 0 Å². The summed E-state index contributed by atoms with van der Waals surface area (Å²) in [5.74, 6) is 0.321. The molecule has 0 radical (unpaired) electrons. The summed E-state index contributed by atoms with van der Waals surface area (Å²) in [7, 11) is 0. The molecule has 0 saturated carbocycles. The predicted molar refractivity (Wildman–Crippen MR) is 157 cm³/mol. The van der Waals surface area contributed by atoms with Crippen LogP contribution in [0.25, 0.3) is 0 Å². The highest BCUT2D eigenvalue weighted by atomic mass is 16.2. The molecule has 40 heavy (non-hydrogen) atoms. The lowest BCUT2D eigenvalue weighted by Crippen LogP contribution is -2.54. The summed E-state index contributed by atoms with van der Waals surface area (Å²) in [5, 5.41) is 19.5. The number of hydrogen-bond donors (Lipinski definition) is 9.